The average Bonchev–Trinajstić information content (AvgIpc) is 2.91. The van der Waals surface area contributed by atoms with E-state index in [4.69, 9.17) is 27.9 Å². The fourth-order valence-corrected chi connectivity index (χ4v) is 4.31. The predicted octanol–water partition coefficient (Wildman–Crippen LogP) is 5.12. The lowest BCUT2D eigenvalue weighted by atomic mass is 10.1. The molecule has 2 saturated heterocycles. The van der Waals surface area contributed by atoms with Crippen molar-refractivity contribution in [3.63, 3.8) is 0 Å². The van der Waals surface area contributed by atoms with Gasteiger partial charge in [-0.2, -0.15) is 0 Å². The first-order chi connectivity index (χ1) is 18.4. The minimum Gasteiger partial charge on any atom is -0.444 e. The molecule has 8 nitrogen and oxygen atoms in total. The van der Waals surface area contributed by atoms with E-state index in [1.54, 1.807) is 36.6 Å². The second-order valence-electron chi connectivity index (χ2n) is 10.0. The van der Waals surface area contributed by atoms with Gasteiger partial charge in [0.1, 0.15) is 5.60 Å². The van der Waals surface area contributed by atoms with Crippen molar-refractivity contribution in [1.29, 1.82) is 0 Å². The standard InChI is InChI=1S/C16H20ClFN2O3.C11H12ClFN2O.ClH/c1-16(2,3)23-15(22)20-9-7-19(8-10-20)14(21)11-5-4-6-12(17)13(11)18;12-9-3-1-2-8(10(9)13)11(16)15-6-4-14-5-7-15;/h4-6H,7-10H2,1-3H3;1-3,14H,4-7H2;1H. The summed E-state index contributed by atoms with van der Waals surface area (Å²) in [6.07, 6.45) is -0.404. The number of hydrogen-bond acceptors (Lipinski definition) is 5. The van der Waals surface area contributed by atoms with Crippen LogP contribution in [0, 0.1) is 11.6 Å². The summed E-state index contributed by atoms with van der Waals surface area (Å²) in [5, 5.41) is 3.04. The van der Waals surface area contributed by atoms with Gasteiger partial charge in [0.25, 0.3) is 11.8 Å². The summed E-state index contributed by atoms with van der Waals surface area (Å²) in [4.78, 5) is 41.0. The maximum absolute atomic E-state index is 13.9. The first-order valence-corrected chi connectivity index (χ1v) is 13.3. The maximum Gasteiger partial charge on any atom is 0.410 e. The van der Waals surface area contributed by atoms with Gasteiger partial charge in [0.2, 0.25) is 0 Å². The van der Waals surface area contributed by atoms with Crippen LogP contribution in [0.1, 0.15) is 41.5 Å². The molecule has 13 heteroatoms. The Balaban J connectivity index is 0.000000290. The normalized spacial score (nSPS) is 15.4. The topological polar surface area (TPSA) is 82.2 Å². The number of carbonyl (C=O) groups is 3. The molecule has 0 spiro atoms. The molecule has 40 heavy (non-hydrogen) atoms. The van der Waals surface area contributed by atoms with E-state index in [0.717, 1.165) is 13.1 Å². The Kier molecular flexibility index (Phi) is 12.4. The molecule has 4 rings (SSSR count). The lowest BCUT2D eigenvalue weighted by Gasteiger charge is -2.35. The number of rotatable bonds is 2. The van der Waals surface area contributed by atoms with E-state index in [1.165, 1.54) is 35.2 Å². The second kappa shape index (κ2) is 14.8. The molecule has 0 aromatic heterocycles. The Morgan fingerprint density at radius 3 is 1.57 bits per heavy atom. The molecule has 0 bridgehead atoms. The molecule has 0 saturated carbocycles. The molecule has 2 aliphatic heterocycles. The molecule has 0 atom stereocenters. The summed E-state index contributed by atoms with van der Waals surface area (Å²) in [6.45, 7) is 9.43. The van der Waals surface area contributed by atoms with Gasteiger partial charge in [-0.05, 0) is 45.0 Å². The molecule has 0 unspecified atom stereocenters. The fraction of sp³-hybridized carbons (Fsp3) is 0.444. The van der Waals surface area contributed by atoms with Gasteiger partial charge in [-0.3, -0.25) is 9.59 Å². The molecule has 2 aliphatic rings. The van der Waals surface area contributed by atoms with Gasteiger partial charge >= 0.3 is 6.09 Å². The van der Waals surface area contributed by atoms with E-state index in [9.17, 15) is 23.2 Å². The maximum atomic E-state index is 13.9. The van der Waals surface area contributed by atoms with Crippen LogP contribution in [0.5, 0.6) is 0 Å². The van der Waals surface area contributed by atoms with Crippen molar-refractivity contribution in [3.8, 4) is 0 Å². The van der Waals surface area contributed by atoms with Gasteiger partial charge in [-0.15, -0.1) is 12.4 Å². The summed E-state index contributed by atoms with van der Waals surface area (Å²) >= 11 is 11.3. The predicted molar refractivity (Wildman–Crippen MR) is 153 cm³/mol. The molecule has 0 radical (unpaired) electrons. The second-order valence-corrected chi connectivity index (χ2v) is 10.8. The van der Waals surface area contributed by atoms with Crippen molar-refractivity contribution in [2.75, 3.05) is 52.4 Å². The van der Waals surface area contributed by atoms with Crippen LogP contribution in [0.2, 0.25) is 10.0 Å². The number of nitrogens with one attached hydrogen (secondary N) is 1. The highest BCUT2D eigenvalue weighted by Crippen LogP contribution is 2.21. The van der Waals surface area contributed by atoms with Crippen molar-refractivity contribution in [2.24, 2.45) is 0 Å². The van der Waals surface area contributed by atoms with Gasteiger partial charge in [0.05, 0.1) is 21.2 Å². The van der Waals surface area contributed by atoms with Crippen LogP contribution in [-0.4, -0.2) is 90.6 Å². The molecule has 0 aliphatic carbocycles. The summed E-state index contributed by atoms with van der Waals surface area (Å²) in [6, 6.07) is 8.82. The number of carbonyl (C=O) groups excluding carboxylic acids is 3. The smallest absolute Gasteiger partial charge is 0.410 e. The number of benzene rings is 2. The van der Waals surface area contributed by atoms with E-state index in [0.29, 0.717) is 39.3 Å². The van der Waals surface area contributed by atoms with Crippen LogP contribution in [0.15, 0.2) is 36.4 Å². The van der Waals surface area contributed by atoms with Gasteiger partial charge in [-0.1, -0.05) is 35.3 Å². The van der Waals surface area contributed by atoms with Crippen LogP contribution in [0.25, 0.3) is 0 Å². The highest BCUT2D eigenvalue weighted by Gasteiger charge is 2.29. The Labute approximate surface area is 248 Å². The lowest BCUT2D eigenvalue weighted by Crippen LogP contribution is -2.51. The van der Waals surface area contributed by atoms with E-state index < -0.39 is 29.2 Å². The number of amides is 3. The average molecular weight is 622 g/mol. The summed E-state index contributed by atoms with van der Waals surface area (Å²) < 4.78 is 32.8. The minimum absolute atomic E-state index is 0. The van der Waals surface area contributed by atoms with E-state index in [1.807, 2.05) is 0 Å². The number of ether oxygens (including phenoxy) is 1. The Hall–Kier alpha value is -2.66. The Morgan fingerprint density at radius 1 is 0.750 bits per heavy atom. The van der Waals surface area contributed by atoms with Gasteiger partial charge in [0, 0.05) is 52.4 Å². The number of hydrogen-bond donors (Lipinski definition) is 1. The minimum atomic E-state index is -0.714. The summed E-state index contributed by atoms with van der Waals surface area (Å²) in [5.41, 5.74) is -0.564. The first kappa shape index (κ1) is 33.5. The zero-order chi connectivity index (χ0) is 28.7. The van der Waals surface area contributed by atoms with Gasteiger partial charge < -0.3 is 24.8 Å². The molecule has 2 aromatic carbocycles. The molecule has 2 fully saturated rings. The third-order valence-electron chi connectivity index (χ3n) is 5.99. The molecule has 3 amide bonds. The van der Waals surface area contributed by atoms with Crippen LogP contribution in [-0.2, 0) is 4.74 Å². The van der Waals surface area contributed by atoms with E-state index in [-0.39, 0.29) is 39.5 Å². The lowest BCUT2D eigenvalue weighted by molar-refractivity contribution is 0.0140. The molecule has 220 valence electrons. The number of halogens is 5. The molecule has 2 aromatic rings. The number of piperazine rings is 2. The van der Waals surface area contributed by atoms with Crippen molar-refractivity contribution in [2.45, 2.75) is 26.4 Å². The molecular formula is C27H33Cl3F2N4O4. The van der Waals surface area contributed by atoms with E-state index in [2.05, 4.69) is 5.32 Å². The third-order valence-corrected chi connectivity index (χ3v) is 6.57. The third kappa shape index (κ3) is 8.92. The van der Waals surface area contributed by atoms with Crippen molar-refractivity contribution < 1.29 is 27.9 Å². The van der Waals surface area contributed by atoms with Crippen molar-refractivity contribution >= 4 is 53.5 Å². The first-order valence-electron chi connectivity index (χ1n) is 12.5. The van der Waals surface area contributed by atoms with Crippen LogP contribution in [0.4, 0.5) is 13.6 Å². The largest absolute Gasteiger partial charge is 0.444 e. The fourth-order valence-electron chi connectivity index (χ4n) is 3.97. The van der Waals surface area contributed by atoms with E-state index >= 15 is 0 Å². The monoisotopic (exact) mass is 620 g/mol. The molecular weight excluding hydrogens is 589 g/mol. The summed E-state index contributed by atoms with van der Waals surface area (Å²) in [5.74, 6) is -2.06. The zero-order valence-electron chi connectivity index (χ0n) is 22.5. The van der Waals surface area contributed by atoms with Crippen LogP contribution >= 0.6 is 35.6 Å². The molecule has 1 N–H and O–H groups in total. The van der Waals surface area contributed by atoms with Crippen molar-refractivity contribution in [1.82, 2.24) is 20.0 Å². The van der Waals surface area contributed by atoms with Crippen LogP contribution in [0.3, 0.4) is 0 Å². The zero-order valence-corrected chi connectivity index (χ0v) is 24.8. The van der Waals surface area contributed by atoms with Crippen LogP contribution < -0.4 is 5.32 Å². The highest BCUT2D eigenvalue weighted by atomic mass is 35.5. The van der Waals surface area contributed by atoms with Gasteiger partial charge in [0.15, 0.2) is 11.6 Å². The Bertz CT molecular complexity index is 1200. The quantitative estimate of drug-likeness (QED) is 0.504. The Morgan fingerprint density at radius 2 is 1.15 bits per heavy atom. The van der Waals surface area contributed by atoms with Gasteiger partial charge in [-0.25, -0.2) is 13.6 Å². The summed E-state index contributed by atoms with van der Waals surface area (Å²) in [7, 11) is 0. The highest BCUT2D eigenvalue weighted by molar-refractivity contribution is 6.31. The molecule has 2 heterocycles. The SMILES string of the molecule is CC(C)(C)OC(=O)N1CCN(C(=O)c2cccc(Cl)c2F)CC1.Cl.O=C(c1cccc(Cl)c1F)N1CCNCC1. The number of nitrogens with zero attached hydrogens (tertiary/aromatic N) is 3. The van der Waals surface area contributed by atoms with Crippen molar-refractivity contribution in [3.05, 3.63) is 69.2 Å².